The van der Waals surface area contributed by atoms with E-state index in [1.54, 1.807) is 0 Å². The first-order chi connectivity index (χ1) is 26.5. The molecule has 23 heteroatoms. The molecular weight excluding hydrogens is 764 g/mol. The van der Waals surface area contributed by atoms with Crippen molar-refractivity contribution in [2.24, 2.45) is 17.8 Å². The Morgan fingerprint density at radius 1 is 0.339 bits per heavy atom. The Hall–Kier alpha value is -0.920. The minimum atomic E-state index is -1.99. The lowest BCUT2D eigenvalue weighted by Crippen LogP contribution is -2.66. The van der Waals surface area contributed by atoms with Crippen LogP contribution < -0.4 is 0 Å². The van der Waals surface area contributed by atoms with Crippen molar-refractivity contribution in [3.8, 4) is 0 Å². The van der Waals surface area contributed by atoms with Gasteiger partial charge in [0.25, 0.3) is 0 Å². The van der Waals surface area contributed by atoms with Gasteiger partial charge in [-0.25, -0.2) is 0 Å². The normalized spacial score (nSPS) is 53.2. The maximum atomic E-state index is 11.6. The molecule has 10 unspecified atom stereocenters. The molecular formula is C33H58O23. The second-order valence-corrected chi connectivity index (χ2v) is 15.4. The molecule has 3 aliphatic carbocycles. The molecule has 56 heavy (non-hydrogen) atoms. The third kappa shape index (κ3) is 9.20. The van der Waals surface area contributed by atoms with Gasteiger partial charge in [0, 0.05) is 37.6 Å². The first-order valence-electron chi connectivity index (χ1n) is 18.7. The second-order valence-electron chi connectivity index (χ2n) is 15.4. The molecule has 2 aliphatic heterocycles. The number of aliphatic hydroxyl groups excluding tert-OH is 17. The first kappa shape index (κ1) is 46.2. The fourth-order valence-electron chi connectivity index (χ4n) is 8.40. The van der Waals surface area contributed by atoms with Gasteiger partial charge in [-0.3, -0.25) is 0 Å². The average Bonchev–Trinajstić information content (AvgIpc) is 3.18. The smallest absolute Gasteiger partial charge is 0.187 e. The Bertz CT molecular complexity index is 1200. The van der Waals surface area contributed by atoms with Gasteiger partial charge < -0.3 is 115 Å². The number of hydrogen-bond acceptors (Lipinski definition) is 23. The van der Waals surface area contributed by atoms with Gasteiger partial charge in [0.1, 0.15) is 85.5 Å². The van der Waals surface area contributed by atoms with E-state index >= 15 is 0 Å². The molecule has 0 aromatic heterocycles. The van der Waals surface area contributed by atoms with E-state index < -0.39 is 185 Å². The maximum absolute atomic E-state index is 11.6. The summed E-state index contributed by atoms with van der Waals surface area (Å²) in [5, 5.41) is 179. The highest BCUT2D eigenvalue weighted by Gasteiger charge is 2.55. The molecule has 0 amide bonds. The lowest BCUT2D eigenvalue weighted by Gasteiger charge is -2.50. The van der Waals surface area contributed by atoms with Crippen molar-refractivity contribution in [2.45, 2.75) is 154 Å². The van der Waals surface area contributed by atoms with E-state index in [4.69, 9.17) is 28.4 Å². The van der Waals surface area contributed by atoms with Gasteiger partial charge in [0.15, 0.2) is 12.6 Å². The zero-order valence-electron chi connectivity index (χ0n) is 30.1. The number of ether oxygens (including phenoxy) is 6. The van der Waals surface area contributed by atoms with Crippen molar-refractivity contribution in [3.05, 3.63) is 0 Å². The van der Waals surface area contributed by atoms with E-state index in [0.29, 0.717) is 0 Å². The molecule has 5 aliphatic rings. The van der Waals surface area contributed by atoms with E-state index in [0.717, 1.165) is 0 Å². The molecule has 25 atom stereocenters. The highest BCUT2D eigenvalue weighted by Crippen LogP contribution is 2.39. The summed E-state index contributed by atoms with van der Waals surface area (Å²) >= 11 is 0. The van der Waals surface area contributed by atoms with Crippen molar-refractivity contribution in [2.75, 3.05) is 33.0 Å². The standard InChI is InChI=1S/C33H58O23/c34-4-9-1-12(20(42)24(46)17(9)39)51-29-18(40)10(5-35)2-13(21(29)43)52-30-19(41)11(6-36)3-14(22(30)44)53-31-23(45)15(7-37)55-33(27(31)49)56-28-16(8-38)54-32(50)26(48)25(28)47/h9-50H,1-8H2/t9?,10?,11?,12-,13-,14-,15?,16?,17+,18+,19+,20?,21-,22-,23+,24+,25?,26+,27+,28-,29?,30?,31?,32-,33+/m1/s1. The molecule has 0 spiro atoms. The molecule has 3 saturated carbocycles. The summed E-state index contributed by atoms with van der Waals surface area (Å²) in [6, 6.07) is 0. The summed E-state index contributed by atoms with van der Waals surface area (Å²) in [6.07, 6.45) is -37.9. The summed E-state index contributed by atoms with van der Waals surface area (Å²) in [5.41, 5.74) is 0. The van der Waals surface area contributed by atoms with Crippen molar-refractivity contribution in [1.29, 1.82) is 0 Å². The molecule has 5 fully saturated rings. The van der Waals surface area contributed by atoms with Gasteiger partial charge in [-0.15, -0.1) is 0 Å². The van der Waals surface area contributed by atoms with E-state index in [1.807, 2.05) is 0 Å². The molecule has 2 saturated heterocycles. The fraction of sp³-hybridized carbons (Fsp3) is 1.00. The van der Waals surface area contributed by atoms with E-state index in [9.17, 15) is 86.8 Å². The van der Waals surface area contributed by atoms with Crippen molar-refractivity contribution in [3.63, 3.8) is 0 Å². The molecule has 23 nitrogen and oxygen atoms in total. The number of hydrogen-bond donors (Lipinski definition) is 17. The van der Waals surface area contributed by atoms with Crippen LogP contribution in [0.4, 0.5) is 0 Å². The zero-order valence-corrected chi connectivity index (χ0v) is 30.1. The summed E-state index contributed by atoms with van der Waals surface area (Å²) < 4.78 is 34.1. The topological polar surface area (TPSA) is 399 Å². The lowest BCUT2D eigenvalue weighted by atomic mass is 9.78. The highest BCUT2D eigenvalue weighted by molar-refractivity contribution is 5.02. The van der Waals surface area contributed by atoms with Gasteiger partial charge in [0.2, 0.25) is 0 Å². The van der Waals surface area contributed by atoms with Crippen molar-refractivity contribution >= 4 is 0 Å². The summed E-state index contributed by atoms with van der Waals surface area (Å²) in [4.78, 5) is 0. The van der Waals surface area contributed by atoms with Crippen LogP contribution in [0.25, 0.3) is 0 Å². The Labute approximate surface area is 320 Å². The van der Waals surface area contributed by atoms with Crippen molar-refractivity contribution < 1.29 is 115 Å². The van der Waals surface area contributed by atoms with Gasteiger partial charge in [-0.2, -0.15) is 0 Å². The molecule has 2 heterocycles. The minimum absolute atomic E-state index is 0.201. The Morgan fingerprint density at radius 3 is 1.21 bits per heavy atom. The predicted molar refractivity (Wildman–Crippen MR) is 176 cm³/mol. The Kier molecular flexibility index (Phi) is 16.2. The van der Waals surface area contributed by atoms with Crippen molar-refractivity contribution in [1.82, 2.24) is 0 Å². The van der Waals surface area contributed by atoms with E-state index in [2.05, 4.69) is 0 Å². The van der Waals surface area contributed by atoms with Crippen LogP contribution in [0, 0.1) is 17.8 Å². The van der Waals surface area contributed by atoms with Gasteiger partial charge in [-0.05, 0) is 19.3 Å². The quantitative estimate of drug-likeness (QED) is 0.0820. The number of aliphatic hydroxyl groups is 17. The Balaban J connectivity index is 1.34. The minimum Gasteiger partial charge on any atom is -0.396 e. The second kappa shape index (κ2) is 19.6. The van der Waals surface area contributed by atoms with Gasteiger partial charge in [-0.1, -0.05) is 0 Å². The van der Waals surface area contributed by atoms with Crippen LogP contribution in [0.3, 0.4) is 0 Å². The highest BCUT2D eigenvalue weighted by atomic mass is 16.7. The predicted octanol–water partition coefficient (Wildman–Crippen LogP) is -9.93. The summed E-state index contributed by atoms with van der Waals surface area (Å²) in [5.74, 6) is -3.07. The van der Waals surface area contributed by atoms with Crippen LogP contribution in [0.15, 0.2) is 0 Å². The molecule has 5 rings (SSSR count). The third-order valence-corrected chi connectivity index (χ3v) is 11.9. The monoisotopic (exact) mass is 822 g/mol. The van der Waals surface area contributed by atoms with E-state index in [1.165, 1.54) is 0 Å². The van der Waals surface area contributed by atoms with Crippen LogP contribution in [-0.4, -0.2) is 255 Å². The number of rotatable bonds is 13. The molecule has 328 valence electrons. The molecule has 0 radical (unpaired) electrons. The average molecular weight is 823 g/mol. The van der Waals surface area contributed by atoms with E-state index in [-0.39, 0.29) is 19.3 Å². The van der Waals surface area contributed by atoms with Gasteiger partial charge >= 0.3 is 0 Å². The van der Waals surface area contributed by atoms with Gasteiger partial charge in [0.05, 0.1) is 49.8 Å². The molecule has 0 bridgehead atoms. The third-order valence-electron chi connectivity index (χ3n) is 11.9. The van der Waals surface area contributed by atoms with Crippen LogP contribution in [0.1, 0.15) is 19.3 Å². The molecule has 0 aromatic carbocycles. The zero-order chi connectivity index (χ0) is 41.3. The maximum Gasteiger partial charge on any atom is 0.187 e. The molecule has 17 N–H and O–H groups in total. The van der Waals surface area contributed by atoms with Crippen LogP contribution >= 0.6 is 0 Å². The SMILES string of the molecule is OCC1C[C@@H](OC2[C@@H](O)C(CO)O[C@@H](O[C@@H]3C(CO)O[C@@H](O)[C@@H](O)C3O)[C@H]2O)[C@@H](O)C(O[C@@H]2CC(CO)[C@H](O)C(O[C@@H]3CC(CO)[C@H](O)[C@H](O)C3O)[C@@H]2O)[C@H]1O. The lowest BCUT2D eigenvalue weighted by molar-refractivity contribution is -0.363. The van der Waals surface area contributed by atoms with Crippen LogP contribution in [-0.2, 0) is 28.4 Å². The first-order valence-corrected chi connectivity index (χ1v) is 18.7. The Morgan fingerprint density at radius 2 is 0.768 bits per heavy atom. The summed E-state index contributed by atoms with van der Waals surface area (Å²) in [7, 11) is 0. The molecule has 0 aromatic rings. The fourth-order valence-corrected chi connectivity index (χ4v) is 8.40. The largest absolute Gasteiger partial charge is 0.396 e. The van der Waals surface area contributed by atoms with Crippen LogP contribution in [0.2, 0.25) is 0 Å². The summed E-state index contributed by atoms with van der Waals surface area (Å²) in [6.45, 7) is -3.67. The van der Waals surface area contributed by atoms with Crippen LogP contribution in [0.5, 0.6) is 0 Å².